The molecule has 2 heterocycles. The van der Waals surface area contributed by atoms with Crippen LogP contribution < -0.4 is 0 Å². The van der Waals surface area contributed by atoms with E-state index in [0.29, 0.717) is 32.5 Å². The fraction of sp³-hybridized carbons (Fsp3) is 0.529. The number of aromatic nitrogens is 4. The lowest BCUT2D eigenvalue weighted by Crippen LogP contribution is -2.36. The molecule has 1 fully saturated rings. The van der Waals surface area contributed by atoms with Crippen LogP contribution >= 0.6 is 0 Å². The molecule has 0 bridgehead atoms. The first-order chi connectivity index (χ1) is 12.1. The zero-order valence-electron chi connectivity index (χ0n) is 14.2. The summed E-state index contributed by atoms with van der Waals surface area (Å²) in [6.45, 7) is 4.87. The van der Waals surface area contributed by atoms with Crippen LogP contribution in [0.3, 0.4) is 0 Å². The Morgan fingerprint density at radius 2 is 2.04 bits per heavy atom. The Morgan fingerprint density at radius 1 is 1.28 bits per heavy atom. The molecule has 1 aromatic carbocycles. The zero-order chi connectivity index (χ0) is 17.8. The molecule has 0 unspecified atom stereocenters. The van der Waals surface area contributed by atoms with E-state index in [9.17, 15) is 13.6 Å². The van der Waals surface area contributed by atoms with Gasteiger partial charge in [0.05, 0.1) is 12.1 Å². The van der Waals surface area contributed by atoms with Gasteiger partial charge >= 0.3 is 0 Å². The van der Waals surface area contributed by atoms with Crippen LogP contribution in [0.15, 0.2) is 18.2 Å². The summed E-state index contributed by atoms with van der Waals surface area (Å²) in [5.41, 5.74) is -0.148. The number of Topliss-reactive ketones (excluding diaryl/α,β-unsaturated/α-hetero) is 1. The lowest BCUT2D eigenvalue weighted by molar-refractivity contribution is 0.0826. The molecule has 25 heavy (non-hydrogen) atoms. The summed E-state index contributed by atoms with van der Waals surface area (Å²) in [6.07, 6.45) is 2.18. The van der Waals surface area contributed by atoms with E-state index in [0.717, 1.165) is 37.0 Å². The second-order valence-electron chi connectivity index (χ2n) is 6.36. The molecule has 0 aliphatic carbocycles. The molecule has 0 spiro atoms. The van der Waals surface area contributed by atoms with Gasteiger partial charge in [0.1, 0.15) is 11.6 Å². The average Bonchev–Trinajstić information content (AvgIpc) is 3.04. The molecule has 1 aliphatic rings. The highest BCUT2D eigenvalue weighted by Crippen LogP contribution is 2.24. The molecule has 0 saturated carbocycles. The second kappa shape index (κ2) is 7.77. The van der Waals surface area contributed by atoms with Crippen molar-refractivity contribution < 1.29 is 13.6 Å². The highest BCUT2D eigenvalue weighted by molar-refractivity contribution is 5.98. The summed E-state index contributed by atoms with van der Waals surface area (Å²) >= 11 is 0. The second-order valence-corrected chi connectivity index (χ2v) is 6.36. The summed E-state index contributed by atoms with van der Waals surface area (Å²) in [5.74, 6) is -1.04. The maximum Gasteiger partial charge on any atom is 0.169 e. The van der Waals surface area contributed by atoms with Crippen molar-refractivity contribution >= 4 is 5.78 Å². The van der Waals surface area contributed by atoms with Gasteiger partial charge in [-0.25, -0.2) is 13.5 Å². The van der Waals surface area contributed by atoms with Crippen molar-refractivity contribution in [3.05, 3.63) is 41.2 Å². The smallest absolute Gasteiger partial charge is 0.169 e. The average molecular weight is 349 g/mol. The standard InChI is InChI=1S/C17H21F2N5O/c1-2-7-24-16(20-21-22-24)11-23-8-5-12(6-9-23)17(25)14-10-13(18)3-4-15(14)19/h3-4,10,12H,2,5-9,11H2,1H3. The van der Waals surface area contributed by atoms with Crippen molar-refractivity contribution in [3.8, 4) is 0 Å². The normalized spacial score (nSPS) is 16.3. The fourth-order valence-corrected chi connectivity index (χ4v) is 3.18. The molecule has 2 aromatic rings. The third-order valence-electron chi connectivity index (χ3n) is 4.56. The lowest BCUT2D eigenvalue weighted by atomic mass is 9.88. The quantitative estimate of drug-likeness (QED) is 0.750. The summed E-state index contributed by atoms with van der Waals surface area (Å²) in [7, 11) is 0. The van der Waals surface area contributed by atoms with E-state index in [4.69, 9.17) is 0 Å². The minimum Gasteiger partial charge on any atom is -0.296 e. The maximum absolute atomic E-state index is 13.8. The Labute approximate surface area is 144 Å². The molecule has 1 aliphatic heterocycles. The first-order valence-corrected chi connectivity index (χ1v) is 8.55. The Balaban J connectivity index is 1.59. The number of halogens is 2. The molecule has 6 nitrogen and oxygen atoms in total. The van der Waals surface area contributed by atoms with Crippen LogP contribution in [0.2, 0.25) is 0 Å². The van der Waals surface area contributed by atoms with Crippen LogP contribution in [0.1, 0.15) is 42.4 Å². The van der Waals surface area contributed by atoms with Crippen molar-refractivity contribution in [2.24, 2.45) is 5.92 Å². The first-order valence-electron chi connectivity index (χ1n) is 8.55. The number of piperidine rings is 1. The zero-order valence-corrected chi connectivity index (χ0v) is 14.2. The number of rotatable bonds is 6. The Hall–Kier alpha value is -2.22. The minimum absolute atomic E-state index is 0.148. The van der Waals surface area contributed by atoms with Crippen LogP contribution in [0.4, 0.5) is 8.78 Å². The van der Waals surface area contributed by atoms with Gasteiger partial charge in [-0.2, -0.15) is 0 Å². The van der Waals surface area contributed by atoms with Crippen LogP contribution in [0.25, 0.3) is 0 Å². The van der Waals surface area contributed by atoms with Gasteiger partial charge < -0.3 is 0 Å². The lowest BCUT2D eigenvalue weighted by Gasteiger charge is -2.30. The summed E-state index contributed by atoms with van der Waals surface area (Å²) in [6, 6.07) is 3.02. The largest absolute Gasteiger partial charge is 0.296 e. The van der Waals surface area contributed by atoms with Gasteiger partial charge in [0.2, 0.25) is 0 Å². The van der Waals surface area contributed by atoms with Crippen LogP contribution in [-0.4, -0.2) is 44.0 Å². The van der Waals surface area contributed by atoms with E-state index in [2.05, 4.69) is 27.3 Å². The van der Waals surface area contributed by atoms with Crippen molar-refractivity contribution in [3.63, 3.8) is 0 Å². The van der Waals surface area contributed by atoms with E-state index >= 15 is 0 Å². The fourth-order valence-electron chi connectivity index (χ4n) is 3.18. The summed E-state index contributed by atoms with van der Waals surface area (Å²) in [4.78, 5) is 14.7. The monoisotopic (exact) mass is 349 g/mol. The number of carbonyl (C=O) groups is 1. The molecule has 0 radical (unpaired) electrons. The Bertz CT molecular complexity index is 740. The number of aryl methyl sites for hydroxylation is 1. The number of hydrogen-bond acceptors (Lipinski definition) is 5. The molecule has 0 atom stereocenters. The molecule has 8 heteroatoms. The van der Waals surface area contributed by atoms with Gasteiger partial charge in [-0.3, -0.25) is 9.69 Å². The molecule has 1 saturated heterocycles. The number of tetrazole rings is 1. The van der Waals surface area contributed by atoms with E-state index in [1.54, 1.807) is 4.68 Å². The minimum atomic E-state index is -0.660. The number of ketones is 1. The van der Waals surface area contributed by atoms with E-state index < -0.39 is 11.6 Å². The molecule has 3 rings (SSSR count). The molecular weight excluding hydrogens is 328 g/mol. The van der Waals surface area contributed by atoms with Gasteiger partial charge in [0.25, 0.3) is 0 Å². The summed E-state index contributed by atoms with van der Waals surface area (Å²) < 4.78 is 28.9. The van der Waals surface area contributed by atoms with Gasteiger partial charge in [0.15, 0.2) is 11.6 Å². The number of nitrogens with zero attached hydrogens (tertiary/aromatic N) is 5. The van der Waals surface area contributed by atoms with E-state index in [1.807, 2.05) is 0 Å². The number of carbonyl (C=O) groups excluding carboxylic acids is 1. The topological polar surface area (TPSA) is 63.9 Å². The number of benzene rings is 1. The molecule has 0 amide bonds. The maximum atomic E-state index is 13.8. The molecule has 134 valence electrons. The van der Waals surface area contributed by atoms with Crippen LogP contribution in [-0.2, 0) is 13.1 Å². The Kier molecular flexibility index (Phi) is 5.47. The number of hydrogen-bond donors (Lipinski definition) is 0. The SMILES string of the molecule is CCCn1nnnc1CN1CCC(C(=O)c2cc(F)ccc2F)CC1. The predicted molar refractivity (Wildman–Crippen MR) is 86.8 cm³/mol. The highest BCUT2D eigenvalue weighted by atomic mass is 19.1. The predicted octanol–water partition coefficient (Wildman–Crippen LogP) is 2.46. The van der Waals surface area contributed by atoms with Crippen LogP contribution in [0, 0.1) is 17.6 Å². The summed E-state index contributed by atoms with van der Waals surface area (Å²) in [5, 5.41) is 11.7. The molecule has 1 aromatic heterocycles. The third kappa shape index (κ3) is 4.07. The van der Waals surface area contributed by atoms with Gasteiger partial charge in [-0.05, 0) is 61.0 Å². The van der Waals surface area contributed by atoms with Crippen LogP contribution in [0.5, 0.6) is 0 Å². The molecular formula is C17H21F2N5O. The highest BCUT2D eigenvalue weighted by Gasteiger charge is 2.28. The van der Waals surface area contributed by atoms with Gasteiger partial charge in [-0.15, -0.1) is 5.10 Å². The molecule has 0 N–H and O–H groups in total. The van der Waals surface area contributed by atoms with E-state index in [1.165, 1.54) is 0 Å². The van der Waals surface area contributed by atoms with Crippen molar-refractivity contribution in [1.29, 1.82) is 0 Å². The first kappa shape index (κ1) is 17.6. The van der Waals surface area contributed by atoms with Crippen molar-refractivity contribution in [2.75, 3.05) is 13.1 Å². The Morgan fingerprint density at radius 3 is 2.76 bits per heavy atom. The van der Waals surface area contributed by atoms with Gasteiger partial charge in [0, 0.05) is 12.5 Å². The van der Waals surface area contributed by atoms with Crippen molar-refractivity contribution in [2.45, 2.75) is 39.3 Å². The van der Waals surface area contributed by atoms with Gasteiger partial charge in [-0.1, -0.05) is 6.92 Å². The number of likely N-dealkylation sites (tertiary alicyclic amines) is 1. The van der Waals surface area contributed by atoms with Crippen molar-refractivity contribution in [1.82, 2.24) is 25.1 Å². The third-order valence-corrected chi connectivity index (χ3v) is 4.56. The van der Waals surface area contributed by atoms with E-state index in [-0.39, 0.29) is 17.3 Å².